The van der Waals surface area contributed by atoms with Gasteiger partial charge in [0, 0.05) is 16.2 Å². The molecule has 2 aromatic heterocycles. The molecule has 2 heterocycles. The van der Waals surface area contributed by atoms with Crippen LogP contribution in [-0.4, -0.2) is 15.5 Å². The van der Waals surface area contributed by atoms with E-state index in [-0.39, 0.29) is 5.56 Å². The molecule has 0 bridgehead atoms. The zero-order valence-electron chi connectivity index (χ0n) is 17.1. The van der Waals surface area contributed by atoms with Crippen LogP contribution in [0.2, 0.25) is 0 Å². The normalized spacial score (nSPS) is 12.9. The zero-order chi connectivity index (χ0) is 21.5. The van der Waals surface area contributed by atoms with Gasteiger partial charge in [0.25, 0.3) is 5.56 Å². The van der Waals surface area contributed by atoms with Crippen molar-refractivity contribution in [2.24, 2.45) is 5.73 Å². The number of fused-ring (bicyclic) bond motifs is 3. The summed E-state index contributed by atoms with van der Waals surface area (Å²) in [5, 5.41) is 1.47. The van der Waals surface area contributed by atoms with E-state index in [1.54, 1.807) is 28.0 Å². The van der Waals surface area contributed by atoms with Crippen LogP contribution in [0.5, 0.6) is 0 Å². The van der Waals surface area contributed by atoms with Crippen molar-refractivity contribution >= 4 is 39.2 Å². The number of carbonyl (C=O) groups is 1. The topological polar surface area (TPSA) is 78.0 Å². The number of aromatic nitrogens is 2. The Morgan fingerprint density at radius 1 is 1.13 bits per heavy atom. The van der Waals surface area contributed by atoms with E-state index in [0.717, 1.165) is 46.3 Å². The minimum absolute atomic E-state index is 0.0137. The van der Waals surface area contributed by atoms with Crippen molar-refractivity contribution in [2.45, 2.75) is 37.1 Å². The molecule has 0 fully saturated rings. The maximum Gasteiger partial charge on any atom is 0.267 e. The van der Waals surface area contributed by atoms with Gasteiger partial charge in [0.15, 0.2) is 5.16 Å². The molecule has 0 saturated heterocycles. The number of carbonyl (C=O) groups excluding carboxylic acids is 1. The number of rotatable bonds is 5. The van der Waals surface area contributed by atoms with Crippen molar-refractivity contribution in [1.29, 1.82) is 0 Å². The third-order valence-corrected chi connectivity index (χ3v) is 7.80. The molecule has 4 aromatic rings. The summed E-state index contributed by atoms with van der Waals surface area (Å²) >= 11 is 3.18. The monoisotopic (exact) mass is 447 g/mol. The van der Waals surface area contributed by atoms with Crippen LogP contribution in [0.4, 0.5) is 0 Å². The molecule has 0 spiro atoms. The second-order valence-electron chi connectivity index (χ2n) is 7.76. The molecule has 1 aliphatic rings. The van der Waals surface area contributed by atoms with Gasteiger partial charge in [-0.15, -0.1) is 11.3 Å². The highest BCUT2D eigenvalue weighted by Crippen LogP contribution is 2.36. The first-order valence-corrected chi connectivity index (χ1v) is 12.0. The first-order valence-electron chi connectivity index (χ1n) is 10.2. The Morgan fingerprint density at radius 3 is 2.58 bits per heavy atom. The third-order valence-electron chi connectivity index (χ3n) is 5.61. The number of hydrogen-bond donors (Lipinski definition) is 1. The molecule has 2 N–H and O–H groups in total. The average Bonchev–Trinajstić information content (AvgIpc) is 3.34. The first-order chi connectivity index (χ1) is 15.0. The minimum Gasteiger partial charge on any atom is -0.366 e. The highest BCUT2D eigenvalue weighted by molar-refractivity contribution is 7.98. The summed E-state index contributed by atoms with van der Waals surface area (Å²) in [5.74, 6) is 0.193. The number of thioether (sulfide) groups is 1. The fraction of sp³-hybridized carbons (Fsp3) is 0.208. The molecular weight excluding hydrogens is 426 g/mol. The van der Waals surface area contributed by atoms with Crippen LogP contribution in [-0.2, 0) is 18.6 Å². The standard InChI is InChI=1S/C24H21N3O2S2/c1-14-5-11-17(12-6-14)27-23(29)20-18-3-2-4-19(18)31-22(20)26-24(27)30-13-15-7-9-16(10-8-15)21(25)28/h5-12H,2-4,13H2,1H3,(H2,25,28). The van der Waals surface area contributed by atoms with Crippen LogP contribution in [0.25, 0.3) is 15.9 Å². The molecular formula is C24H21N3O2S2. The number of thiophene rings is 1. The molecule has 5 rings (SSSR count). The van der Waals surface area contributed by atoms with Gasteiger partial charge < -0.3 is 5.73 Å². The summed E-state index contributed by atoms with van der Waals surface area (Å²) in [6, 6.07) is 15.2. The van der Waals surface area contributed by atoms with Crippen LogP contribution in [0.15, 0.2) is 58.5 Å². The molecule has 2 aromatic carbocycles. The van der Waals surface area contributed by atoms with Crippen LogP contribution in [0, 0.1) is 6.92 Å². The highest BCUT2D eigenvalue weighted by atomic mass is 32.2. The predicted molar refractivity (Wildman–Crippen MR) is 126 cm³/mol. The van der Waals surface area contributed by atoms with Crippen molar-refractivity contribution < 1.29 is 4.79 Å². The van der Waals surface area contributed by atoms with Crippen LogP contribution in [0.3, 0.4) is 0 Å². The second-order valence-corrected chi connectivity index (χ2v) is 9.78. The van der Waals surface area contributed by atoms with Gasteiger partial charge in [0.2, 0.25) is 5.91 Å². The fourth-order valence-electron chi connectivity index (χ4n) is 3.96. The molecule has 0 radical (unpaired) electrons. The molecule has 0 aliphatic heterocycles. The Kier molecular flexibility index (Phi) is 5.16. The maximum absolute atomic E-state index is 13.7. The van der Waals surface area contributed by atoms with Crippen LogP contribution >= 0.6 is 23.1 Å². The quantitative estimate of drug-likeness (QED) is 0.357. The molecule has 0 unspecified atom stereocenters. The van der Waals surface area contributed by atoms with E-state index in [2.05, 4.69) is 0 Å². The van der Waals surface area contributed by atoms with Crippen LogP contribution < -0.4 is 11.3 Å². The highest BCUT2D eigenvalue weighted by Gasteiger charge is 2.24. The molecule has 156 valence electrons. The molecule has 7 heteroatoms. The molecule has 0 atom stereocenters. The SMILES string of the molecule is Cc1ccc(-n2c(SCc3ccc(C(N)=O)cc3)nc3sc4c(c3c2=O)CCC4)cc1. The van der Waals surface area contributed by atoms with Crippen molar-refractivity contribution in [1.82, 2.24) is 9.55 Å². The average molecular weight is 448 g/mol. The van der Waals surface area contributed by atoms with Crippen molar-refractivity contribution in [3.63, 3.8) is 0 Å². The number of amides is 1. The van der Waals surface area contributed by atoms with Gasteiger partial charge in [-0.1, -0.05) is 41.6 Å². The van der Waals surface area contributed by atoms with Gasteiger partial charge in [-0.25, -0.2) is 4.98 Å². The van der Waals surface area contributed by atoms with Crippen molar-refractivity contribution in [3.05, 3.63) is 86.0 Å². The molecule has 31 heavy (non-hydrogen) atoms. The summed E-state index contributed by atoms with van der Waals surface area (Å²) in [6.45, 7) is 2.03. The number of nitrogens with zero attached hydrogens (tertiary/aromatic N) is 2. The molecule has 5 nitrogen and oxygen atoms in total. The number of primary amides is 1. The van der Waals surface area contributed by atoms with E-state index in [1.807, 2.05) is 43.3 Å². The van der Waals surface area contributed by atoms with E-state index in [1.165, 1.54) is 22.2 Å². The van der Waals surface area contributed by atoms with Gasteiger partial charge in [0.1, 0.15) is 4.83 Å². The second kappa shape index (κ2) is 7.98. The number of hydrogen-bond acceptors (Lipinski definition) is 5. The largest absolute Gasteiger partial charge is 0.366 e. The lowest BCUT2D eigenvalue weighted by molar-refractivity contribution is 0.100. The Hall–Kier alpha value is -2.90. The van der Waals surface area contributed by atoms with E-state index >= 15 is 0 Å². The lowest BCUT2D eigenvalue weighted by atomic mass is 10.1. The van der Waals surface area contributed by atoms with Crippen LogP contribution in [0.1, 0.15) is 38.3 Å². The van der Waals surface area contributed by atoms with Gasteiger partial charge >= 0.3 is 0 Å². The number of benzene rings is 2. The summed E-state index contributed by atoms with van der Waals surface area (Å²) in [7, 11) is 0. The maximum atomic E-state index is 13.7. The van der Waals surface area contributed by atoms with Crippen molar-refractivity contribution in [2.75, 3.05) is 0 Å². The Labute approximate surface area is 187 Å². The first kappa shape index (κ1) is 20.0. The van der Waals surface area contributed by atoms with E-state index < -0.39 is 5.91 Å². The Morgan fingerprint density at radius 2 is 1.87 bits per heavy atom. The number of nitrogens with two attached hydrogens (primary N) is 1. The number of aryl methyl sites for hydroxylation is 3. The summed E-state index contributed by atoms with van der Waals surface area (Å²) in [5.41, 5.74) is 10.0. The Balaban J connectivity index is 1.59. The van der Waals surface area contributed by atoms with E-state index in [4.69, 9.17) is 10.7 Å². The lowest BCUT2D eigenvalue weighted by Crippen LogP contribution is -2.21. The Bertz CT molecular complexity index is 1350. The van der Waals surface area contributed by atoms with Crippen molar-refractivity contribution in [3.8, 4) is 5.69 Å². The third kappa shape index (κ3) is 3.68. The molecule has 0 saturated carbocycles. The van der Waals surface area contributed by atoms with Gasteiger partial charge in [0.05, 0.1) is 11.1 Å². The summed E-state index contributed by atoms with van der Waals surface area (Å²) in [6.07, 6.45) is 3.10. The smallest absolute Gasteiger partial charge is 0.267 e. The summed E-state index contributed by atoms with van der Waals surface area (Å²) in [4.78, 5) is 32.0. The zero-order valence-corrected chi connectivity index (χ0v) is 18.7. The molecule has 1 aliphatic carbocycles. The summed E-state index contributed by atoms with van der Waals surface area (Å²) < 4.78 is 1.75. The van der Waals surface area contributed by atoms with E-state index in [9.17, 15) is 9.59 Å². The lowest BCUT2D eigenvalue weighted by Gasteiger charge is -2.13. The van der Waals surface area contributed by atoms with E-state index in [0.29, 0.717) is 16.5 Å². The predicted octanol–water partition coefficient (Wildman–Crippen LogP) is 4.64. The fourth-order valence-corrected chi connectivity index (χ4v) is 6.23. The van der Waals surface area contributed by atoms with Gasteiger partial charge in [-0.05, 0) is 61.6 Å². The minimum atomic E-state index is -0.440. The van der Waals surface area contributed by atoms with Gasteiger partial charge in [-0.3, -0.25) is 14.2 Å². The van der Waals surface area contributed by atoms with Gasteiger partial charge in [-0.2, -0.15) is 0 Å². The molecule has 1 amide bonds.